The van der Waals surface area contributed by atoms with Crippen molar-refractivity contribution < 1.29 is 36.4 Å². The molecule has 0 radical (unpaired) electrons. The summed E-state index contributed by atoms with van der Waals surface area (Å²) in [5.41, 5.74) is 0.960. The first-order valence-electron chi connectivity index (χ1n) is 11.8. The smallest absolute Gasteiger partial charge is 0.307 e. The number of amides is 1. The summed E-state index contributed by atoms with van der Waals surface area (Å²) >= 11 is 1.31. The number of hydrogen-bond donors (Lipinski definition) is 0. The number of carbonyl (C=O) groups excluding carboxylic acids is 2. The second kappa shape index (κ2) is 12.9. The second-order valence-corrected chi connectivity index (χ2v) is 10.9. The lowest BCUT2D eigenvalue weighted by Crippen LogP contribution is -2.28. The zero-order valence-electron chi connectivity index (χ0n) is 21.3. The summed E-state index contributed by atoms with van der Waals surface area (Å²) in [6.45, 7) is 4.35. The number of carbonyl (C=O) groups is 2. The summed E-state index contributed by atoms with van der Waals surface area (Å²) < 4.78 is 46.7. The molecule has 0 fully saturated rings. The van der Waals surface area contributed by atoms with Crippen molar-refractivity contribution in [3.05, 3.63) is 52.9 Å². The van der Waals surface area contributed by atoms with Crippen LogP contribution in [0.5, 0.6) is 11.5 Å². The highest BCUT2D eigenvalue weighted by atomic mass is 32.2. The van der Waals surface area contributed by atoms with E-state index in [9.17, 15) is 18.0 Å². The molecule has 0 atom stereocenters. The Morgan fingerprint density at radius 3 is 2.43 bits per heavy atom. The zero-order valence-corrected chi connectivity index (χ0v) is 22.9. The number of ether oxygens (including phenoxy) is 3. The van der Waals surface area contributed by atoms with Gasteiger partial charge in [0, 0.05) is 30.8 Å². The Bertz CT molecular complexity index is 1330. The third-order valence-corrected chi connectivity index (χ3v) is 7.82. The molecule has 200 valence electrons. The molecule has 9 nitrogen and oxygen atoms in total. The number of thiophene rings is 1. The molecule has 37 heavy (non-hydrogen) atoms. The Kier molecular flexibility index (Phi) is 9.90. The predicted octanol–water partition coefficient (Wildman–Crippen LogP) is 4.42. The van der Waals surface area contributed by atoms with Gasteiger partial charge in [0.2, 0.25) is 0 Å². The maximum atomic E-state index is 12.8. The Hall–Kier alpha value is -3.15. The quantitative estimate of drug-likeness (QED) is 0.175. The average Bonchev–Trinajstić information content (AvgIpc) is 3.29. The van der Waals surface area contributed by atoms with Gasteiger partial charge in [-0.25, -0.2) is 0 Å². The van der Waals surface area contributed by atoms with Crippen LogP contribution in [0.15, 0.2) is 47.4 Å². The number of fused-ring (bicyclic) bond motifs is 1. The number of benzene rings is 2. The summed E-state index contributed by atoms with van der Waals surface area (Å²) in [7, 11) is -0.667. The van der Waals surface area contributed by atoms with Gasteiger partial charge in [0.15, 0.2) is 11.5 Å². The van der Waals surface area contributed by atoms with Crippen LogP contribution in [0, 0.1) is 6.92 Å². The third kappa shape index (κ3) is 7.67. The fourth-order valence-corrected chi connectivity index (χ4v) is 5.40. The van der Waals surface area contributed by atoms with Gasteiger partial charge < -0.3 is 19.1 Å². The van der Waals surface area contributed by atoms with Crippen LogP contribution in [-0.4, -0.2) is 65.7 Å². The number of rotatable bonds is 13. The van der Waals surface area contributed by atoms with Crippen molar-refractivity contribution in [1.29, 1.82) is 0 Å². The molecule has 0 saturated heterocycles. The standard InChI is InChI=1S/C26H31NO8S2/c1-5-33-25(28)11-12-27(3)26(29)24-16-19-15-21(32-4)22(17-23(19)36-24)34-13-6-14-35-37(30,31)20-9-7-18(2)8-10-20/h7-10,15-17H,5-6,11-14H2,1-4H3. The summed E-state index contributed by atoms with van der Waals surface area (Å²) in [4.78, 5) is 26.5. The van der Waals surface area contributed by atoms with Gasteiger partial charge in [-0.15, -0.1) is 11.3 Å². The third-order valence-electron chi connectivity index (χ3n) is 5.41. The highest BCUT2D eigenvalue weighted by Crippen LogP contribution is 2.37. The van der Waals surface area contributed by atoms with Crippen LogP contribution in [0.2, 0.25) is 0 Å². The lowest BCUT2D eigenvalue weighted by molar-refractivity contribution is -0.143. The maximum absolute atomic E-state index is 12.8. The first-order valence-corrected chi connectivity index (χ1v) is 14.0. The molecule has 1 aromatic heterocycles. The van der Waals surface area contributed by atoms with Gasteiger partial charge >= 0.3 is 5.97 Å². The first kappa shape index (κ1) is 28.4. The van der Waals surface area contributed by atoms with Crippen LogP contribution in [0.3, 0.4) is 0 Å². The first-order chi connectivity index (χ1) is 17.6. The van der Waals surface area contributed by atoms with Crippen molar-refractivity contribution in [3.63, 3.8) is 0 Å². The van der Waals surface area contributed by atoms with E-state index >= 15 is 0 Å². The molecule has 3 rings (SSSR count). The topological polar surface area (TPSA) is 108 Å². The van der Waals surface area contributed by atoms with Gasteiger partial charge in [-0.3, -0.25) is 13.8 Å². The largest absolute Gasteiger partial charge is 0.493 e. The Labute approximate surface area is 221 Å². The molecule has 2 aromatic carbocycles. The number of aryl methyl sites for hydroxylation is 1. The molecule has 1 amide bonds. The van der Waals surface area contributed by atoms with Crippen LogP contribution >= 0.6 is 11.3 Å². The second-order valence-electron chi connectivity index (χ2n) is 8.22. The van der Waals surface area contributed by atoms with E-state index in [2.05, 4.69) is 0 Å². The van der Waals surface area contributed by atoms with E-state index in [1.54, 1.807) is 44.3 Å². The van der Waals surface area contributed by atoms with Gasteiger partial charge in [-0.05, 0) is 43.5 Å². The van der Waals surface area contributed by atoms with Crippen LogP contribution in [0.25, 0.3) is 10.1 Å². The number of nitrogens with zero attached hydrogens (tertiary/aromatic N) is 1. The van der Waals surface area contributed by atoms with E-state index < -0.39 is 10.1 Å². The van der Waals surface area contributed by atoms with Crippen molar-refractivity contribution in [2.75, 3.05) is 40.5 Å². The molecular formula is C26H31NO8S2. The molecule has 0 aliphatic rings. The molecule has 0 N–H and O–H groups in total. The lowest BCUT2D eigenvalue weighted by Gasteiger charge is -2.15. The number of hydrogen-bond acceptors (Lipinski definition) is 9. The van der Waals surface area contributed by atoms with Crippen LogP contribution in [0.1, 0.15) is 35.0 Å². The Morgan fingerprint density at radius 2 is 1.76 bits per heavy atom. The van der Waals surface area contributed by atoms with E-state index in [-0.39, 0.29) is 43.0 Å². The van der Waals surface area contributed by atoms with E-state index in [1.165, 1.54) is 35.5 Å². The minimum atomic E-state index is -3.83. The Balaban J connectivity index is 1.59. The predicted molar refractivity (Wildman–Crippen MR) is 141 cm³/mol. The normalized spacial score (nSPS) is 11.4. The Morgan fingerprint density at radius 1 is 1.03 bits per heavy atom. The zero-order chi connectivity index (χ0) is 27.0. The molecular weight excluding hydrogens is 518 g/mol. The van der Waals surface area contributed by atoms with E-state index in [4.69, 9.17) is 18.4 Å². The van der Waals surface area contributed by atoms with Crippen LogP contribution < -0.4 is 9.47 Å². The maximum Gasteiger partial charge on any atom is 0.307 e. The molecule has 0 aliphatic heterocycles. The van der Waals surface area contributed by atoms with Crippen LogP contribution in [-0.2, 0) is 23.8 Å². The van der Waals surface area contributed by atoms with E-state index in [0.29, 0.717) is 29.4 Å². The highest BCUT2D eigenvalue weighted by molar-refractivity contribution is 7.86. The molecule has 11 heteroatoms. The van der Waals surface area contributed by atoms with Gasteiger partial charge in [-0.2, -0.15) is 8.42 Å². The molecule has 0 unspecified atom stereocenters. The summed E-state index contributed by atoms with van der Waals surface area (Å²) in [5.74, 6) is 0.433. The van der Waals surface area contributed by atoms with Crippen molar-refractivity contribution in [3.8, 4) is 11.5 Å². The fourth-order valence-electron chi connectivity index (χ4n) is 3.39. The number of esters is 1. The minimum absolute atomic E-state index is 0.0312. The van der Waals surface area contributed by atoms with Gasteiger partial charge in [0.1, 0.15) is 0 Å². The molecule has 0 aliphatic carbocycles. The van der Waals surface area contributed by atoms with Crippen molar-refractivity contribution in [2.45, 2.75) is 31.6 Å². The summed E-state index contributed by atoms with van der Waals surface area (Å²) in [6, 6.07) is 11.8. The molecule has 1 heterocycles. The SMILES string of the molecule is CCOC(=O)CCN(C)C(=O)c1cc2cc(OC)c(OCCCOS(=O)(=O)c3ccc(C)cc3)cc2s1. The molecule has 0 bridgehead atoms. The minimum Gasteiger partial charge on any atom is -0.493 e. The van der Waals surface area contributed by atoms with Gasteiger partial charge in [0.25, 0.3) is 16.0 Å². The molecule has 3 aromatic rings. The van der Waals surface area contributed by atoms with Crippen molar-refractivity contribution in [2.24, 2.45) is 0 Å². The van der Waals surface area contributed by atoms with Gasteiger partial charge in [-0.1, -0.05) is 17.7 Å². The molecule has 0 spiro atoms. The van der Waals surface area contributed by atoms with Gasteiger partial charge in [0.05, 0.1) is 43.1 Å². The highest BCUT2D eigenvalue weighted by Gasteiger charge is 2.18. The summed E-state index contributed by atoms with van der Waals surface area (Å²) in [5, 5.41) is 0.823. The number of methoxy groups -OCH3 is 1. The van der Waals surface area contributed by atoms with Crippen molar-refractivity contribution in [1.82, 2.24) is 4.90 Å². The van der Waals surface area contributed by atoms with E-state index in [1.807, 2.05) is 6.92 Å². The molecule has 0 saturated carbocycles. The van der Waals surface area contributed by atoms with E-state index in [0.717, 1.165) is 15.6 Å². The van der Waals surface area contributed by atoms with Crippen molar-refractivity contribution >= 4 is 43.4 Å². The van der Waals surface area contributed by atoms with Crippen LogP contribution in [0.4, 0.5) is 0 Å². The fraction of sp³-hybridized carbons (Fsp3) is 0.385. The monoisotopic (exact) mass is 549 g/mol. The summed E-state index contributed by atoms with van der Waals surface area (Å²) in [6.07, 6.45) is 0.467. The lowest BCUT2D eigenvalue weighted by atomic mass is 10.2. The average molecular weight is 550 g/mol.